The fraction of sp³-hybridized carbons (Fsp3) is 0.562. The van der Waals surface area contributed by atoms with E-state index in [1.165, 1.54) is 0 Å². The third kappa shape index (κ3) is 2.74. The van der Waals surface area contributed by atoms with Crippen molar-refractivity contribution in [2.45, 2.75) is 44.4 Å². The van der Waals surface area contributed by atoms with Gasteiger partial charge in [-0.1, -0.05) is 0 Å². The van der Waals surface area contributed by atoms with Crippen LogP contribution in [0.5, 0.6) is 5.75 Å². The summed E-state index contributed by atoms with van der Waals surface area (Å²) < 4.78 is 5.93. The van der Waals surface area contributed by atoms with Crippen LogP contribution in [0, 0.1) is 11.3 Å². The number of likely N-dealkylation sites (tertiary alicyclic amines) is 1. The molecule has 2 unspecified atom stereocenters. The van der Waals surface area contributed by atoms with Gasteiger partial charge in [-0.15, -0.1) is 12.4 Å². The van der Waals surface area contributed by atoms with Crippen molar-refractivity contribution >= 4 is 12.4 Å². The molecule has 2 heterocycles. The van der Waals surface area contributed by atoms with Crippen molar-refractivity contribution in [1.82, 2.24) is 4.90 Å². The van der Waals surface area contributed by atoms with Gasteiger partial charge in [-0.2, -0.15) is 5.26 Å². The molecule has 1 aromatic carbocycles. The highest BCUT2D eigenvalue weighted by atomic mass is 35.5. The van der Waals surface area contributed by atoms with Crippen molar-refractivity contribution < 1.29 is 9.84 Å². The van der Waals surface area contributed by atoms with Crippen molar-refractivity contribution in [3.8, 4) is 11.8 Å². The van der Waals surface area contributed by atoms with E-state index in [0.717, 1.165) is 37.2 Å². The summed E-state index contributed by atoms with van der Waals surface area (Å²) in [4.78, 5) is 2.31. The standard InChI is InChI=1S/C16H20N2O2.ClH/c1-16(2)15(19)14(18-7-3-4-8-18)12-9-11(10-17)5-6-13(12)20-16;/h5-6,9,14-15,19H,3-4,7-8H2,1-2H3;1H. The molecular formula is C16H21ClN2O2. The number of rotatable bonds is 1. The second-order valence-corrected chi connectivity index (χ2v) is 6.20. The first-order valence-electron chi connectivity index (χ1n) is 7.18. The second-order valence-electron chi connectivity index (χ2n) is 6.20. The highest BCUT2D eigenvalue weighted by Crippen LogP contribution is 2.44. The Hall–Kier alpha value is -1.28. The maximum Gasteiger partial charge on any atom is 0.131 e. The van der Waals surface area contributed by atoms with Crippen molar-refractivity contribution in [1.29, 1.82) is 5.26 Å². The summed E-state index contributed by atoms with van der Waals surface area (Å²) in [5, 5.41) is 19.8. The van der Waals surface area contributed by atoms with Gasteiger partial charge in [0.15, 0.2) is 0 Å². The summed E-state index contributed by atoms with van der Waals surface area (Å²) in [6.45, 7) is 5.83. The monoisotopic (exact) mass is 308 g/mol. The van der Waals surface area contributed by atoms with E-state index < -0.39 is 11.7 Å². The maximum atomic E-state index is 10.7. The summed E-state index contributed by atoms with van der Waals surface area (Å²) in [6.07, 6.45) is 1.73. The summed E-state index contributed by atoms with van der Waals surface area (Å²) in [6, 6.07) is 7.57. The summed E-state index contributed by atoms with van der Waals surface area (Å²) in [5.41, 5.74) is 0.940. The molecular weight excluding hydrogens is 288 g/mol. The van der Waals surface area contributed by atoms with Crippen LogP contribution in [0.2, 0.25) is 0 Å². The Bertz CT molecular complexity index is 562. The molecule has 2 atom stereocenters. The fourth-order valence-corrected chi connectivity index (χ4v) is 3.25. The van der Waals surface area contributed by atoms with Gasteiger partial charge in [0.05, 0.1) is 17.7 Å². The molecule has 0 aromatic heterocycles. The first kappa shape index (κ1) is 16.1. The van der Waals surface area contributed by atoms with Crippen molar-refractivity contribution in [3.05, 3.63) is 29.3 Å². The predicted octanol–water partition coefficient (Wildman–Crippen LogP) is 2.65. The molecule has 2 aliphatic heterocycles. The lowest BCUT2D eigenvalue weighted by Gasteiger charge is -2.45. The number of nitrogens with zero attached hydrogens (tertiary/aromatic N) is 2. The largest absolute Gasteiger partial charge is 0.485 e. The lowest BCUT2D eigenvalue weighted by Crippen LogP contribution is -2.53. The Morgan fingerprint density at radius 1 is 1.33 bits per heavy atom. The van der Waals surface area contributed by atoms with E-state index in [9.17, 15) is 5.11 Å². The Labute approximate surface area is 131 Å². The van der Waals surface area contributed by atoms with E-state index >= 15 is 0 Å². The fourth-order valence-electron chi connectivity index (χ4n) is 3.25. The molecule has 1 fully saturated rings. The molecule has 4 nitrogen and oxygen atoms in total. The van der Waals surface area contributed by atoms with Crippen LogP contribution in [0.15, 0.2) is 18.2 Å². The zero-order chi connectivity index (χ0) is 14.3. The molecule has 1 aromatic rings. The van der Waals surface area contributed by atoms with Gasteiger partial charge in [0.25, 0.3) is 0 Å². The average Bonchev–Trinajstić information content (AvgIpc) is 2.93. The number of hydrogen-bond donors (Lipinski definition) is 1. The third-order valence-corrected chi connectivity index (χ3v) is 4.38. The van der Waals surface area contributed by atoms with Gasteiger partial charge < -0.3 is 9.84 Å². The van der Waals surface area contributed by atoms with Crippen molar-refractivity contribution in [3.63, 3.8) is 0 Å². The van der Waals surface area contributed by atoms with Gasteiger partial charge in [-0.05, 0) is 58.0 Å². The lowest BCUT2D eigenvalue weighted by molar-refractivity contribution is -0.0895. The Balaban J connectivity index is 0.00000161. The highest BCUT2D eigenvalue weighted by molar-refractivity contribution is 5.85. The molecule has 1 saturated heterocycles. The summed E-state index contributed by atoms with van der Waals surface area (Å²) >= 11 is 0. The molecule has 0 spiro atoms. The number of nitriles is 1. The van der Waals surface area contributed by atoms with Gasteiger partial charge in [0.1, 0.15) is 17.5 Å². The van der Waals surface area contributed by atoms with E-state index in [-0.39, 0.29) is 18.4 Å². The second kappa shape index (κ2) is 5.84. The SMILES string of the molecule is CC1(C)Oc2ccc(C#N)cc2C(N2CCCC2)C1O.Cl. The van der Waals surface area contributed by atoms with Crippen LogP contribution >= 0.6 is 12.4 Å². The minimum absolute atomic E-state index is 0. The van der Waals surface area contributed by atoms with E-state index in [1.54, 1.807) is 6.07 Å². The van der Waals surface area contributed by atoms with Gasteiger partial charge >= 0.3 is 0 Å². The molecule has 0 radical (unpaired) electrons. The van der Waals surface area contributed by atoms with E-state index in [2.05, 4.69) is 11.0 Å². The highest BCUT2D eigenvalue weighted by Gasteiger charge is 2.45. The van der Waals surface area contributed by atoms with Gasteiger partial charge in [0.2, 0.25) is 0 Å². The Morgan fingerprint density at radius 2 is 2.00 bits per heavy atom. The topological polar surface area (TPSA) is 56.5 Å². The quantitative estimate of drug-likeness (QED) is 0.866. The molecule has 3 rings (SSSR count). The molecule has 5 heteroatoms. The van der Waals surface area contributed by atoms with Crippen LogP contribution in [-0.2, 0) is 0 Å². The minimum Gasteiger partial charge on any atom is -0.485 e. The van der Waals surface area contributed by atoms with E-state index in [1.807, 2.05) is 26.0 Å². The average molecular weight is 309 g/mol. The van der Waals surface area contributed by atoms with E-state index in [0.29, 0.717) is 5.56 Å². The summed E-state index contributed by atoms with van der Waals surface area (Å²) in [7, 11) is 0. The predicted molar refractivity (Wildman–Crippen MR) is 82.7 cm³/mol. The first-order chi connectivity index (χ1) is 9.53. The third-order valence-electron chi connectivity index (χ3n) is 4.38. The number of aliphatic hydroxyl groups excluding tert-OH is 1. The summed E-state index contributed by atoms with van der Waals surface area (Å²) in [5.74, 6) is 0.788. The van der Waals surface area contributed by atoms with Gasteiger partial charge in [-0.25, -0.2) is 0 Å². The number of fused-ring (bicyclic) bond motifs is 1. The Kier molecular flexibility index (Phi) is 4.48. The van der Waals surface area contributed by atoms with Crippen LogP contribution in [0.4, 0.5) is 0 Å². The normalized spacial score (nSPS) is 27.1. The van der Waals surface area contributed by atoms with Gasteiger partial charge in [-0.3, -0.25) is 4.90 Å². The molecule has 0 aliphatic carbocycles. The van der Waals surface area contributed by atoms with Crippen LogP contribution in [0.25, 0.3) is 0 Å². The number of ether oxygens (including phenoxy) is 1. The maximum absolute atomic E-state index is 10.7. The van der Waals surface area contributed by atoms with Crippen molar-refractivity contribution in [2.75, 3.05) is 13.1 Å². The van der Waals surface area contributed by atoms with Crippen LogP contribution in [0.3, 0.4) is 0 Å². The molecule has 21 heavy (non-hydrogen) atoms. The zero-order valence-electron chi connectivity index (χ0n) is 12.4. The number of halogens is 1. The molecule has 114 valence electrons. The number of hydrogen-bond acceptors (Lipinski definition) is 4. The van der Waals surface area contributed by atoms with Crippen molar-refractivity contribution in [2.24, 2.45) is 0 Å². The Morgan fingerprint density at radius 3 is 2.62 bits per heavy atom. The first-order valence-corrected chi connectivity index (χ1v) is 7.18. The van der Waals surface area contributed by atoms with Gasteiger partial charge in [0, 0.05) is 5.56 Å². The minimum atomic E-state index is -0.617. The number of benzene rings is 1. The molecule has 2 aliphatic rings. The van der Waals surface area contributed by atoms with Crippen LogP contribution < -0.4 is 4.74 Å². The molecule has 0 amide bonds. The van der Waals surface area contributed by atoms with Crippen LogP contribution in [0.1, 0.15) is 43.9 Å². The molecule has 1 N–H and O–H groups in total. The lowest BCUT2D eigenvalue weighted by atomic mass is 9.85. The molecule has 0 saturated carbocycles. The smallest absolute Gasteiger partial charge is 0.131 e. The van der Waals surface area contributed by atoms with Crippen LogP contribution in [-0.4, -0.2) is 34.8 Å². The zero-order valence-corrected chi connectivity index (χ0v) is 13.2. The molecule has 0 bridgehead atoms. The van der Waals surface area contributed by atoms with E-state index in [4.69, 9.17) is 10.00 Å². The number of aliphatic hydroxyl groups is 1.